The second kappa shape index (κ2) is 10.9. The predicted octanol–water partition coefficient (Wildman–Crippen LogP) is 3.65. The maximum atomic E-state index is 12.8. The molecule has 0 saturated heterocycles. The molecular formula is C23H27N3O2. The van der Waals surface area contributed by atoms with E-state index in [0.717, 1.165) is 35.2 Å². The number of aryl methyl sites for hydroxylation is 2. The molecule has 2 aromatic carbocycles. The number of para-hydroxylation sites is 1. The third-order valence-electron chi connectivity index (χ3n) is 4.53. The topological polar surface area (TPSA) is 76.4 Å². The van der Waals surface area contributed by atoms with Crippen molar-refractivity contribution in [2.24, 2.45) is 0 Å². The summed E-state index contributed by atoms with van der Waals surface area (Å²) in [6.07, 6.45) is 3.11. The Bertz CT molecular complexity index is 832. The van der Waals surface area contributed by atoms with Crippen LogP contribution in [0.3, 0.4) is 0 Å². The summed E-state index contributed by atoms with van der Waals surface area (Å²) < 4.78 is 0. The van der Waals surface area contributed by atoms with Gasteiger partial charge in [-0.1, -0.05) is 62.4 Å². The molecule has 2 N–H and O–H groups in total. The van der Waals surface area contributed by atoms with Crippen LogP contribution < -0.4 is 5.32 Å². The first-order valence-corrected chi connectivity index (χ1v) is 9.55. The first kappa shape index (κ1) is 21.2. The third kappa shape index (κ3) is 5.70. The summed E-state index contributed by atoms with van der Waals surface area (Å²) in [5, 5.41) is 21.8. The van der Waals surface area contributed by atoms with Crippen molar-refractivity contribution >= 4 is 11.6 Å². The number of nitrogens with zero attached hydrogens (tertiary/aromatic N) is 2. The van der Waals surface area contributed by atoms with Gasteiger partial charge in [0.2, 0.25) is 0 Å². The van der Waals surface area contributed by atoms with E-state index in [0.29, 0.717) is 13.1 Å². The maximum absolute atomic E-state index is 12.8. The lowest BCUT2D eigenvalue weighted by Crippen LogP contribution is -2.24. The van der Waals surface area contributed by atoms with Crippen LogP contribution in [0.25, 0.3) is 0 Å². The van der Waals surface area contributed by atoms with E-state index in [9.17, 15) is 15.2 Å². The molecule has 0 bridgehead atoms. The van der Waals surface area contributed by atoms with Crippen molar-refractivity contribution in [2.45, 2.75) is 33.2 Å². The Hall–Kier alpha value is -3.10. The molecule has 0 aliphatic rings. The Balaban J connectivity index is 2.25. The highest BCUT2D eigenvalue weighted by atomic mass is 16.3. The molecule has 5 nitrogen and oxygen atoms in total. The van der Waals surface area contributed by atoms with Crippen LogP contribution in [0.2, 0.25) is 0 Å². The van der Waals surface area contributed by atoms with E-state index in [2.05, 4.69) is 5.32 Å². The number of nitriles is 1. The average molecular weight is 377 g/mol. The Kier molecular flexibility index (Phi) is 8.26. The van der Waals surface area contributed by atoms with Gasteiger partial charge in [-0.05, 0) is 29.5 Å². The Morgan fingerprint density at radius 2 is 1.75 bits per heavy atom. The first-order valence-electron chi connectivity index (χ1n) is 9.55. The monoisotopic (exact) mass is 377 g/mol. The van der Waals surface area contributed by atoms with Crippen molar-refractivity contribution in [3.63, 3.8) is 0 Å². The number of benzene rings is 2. The van der Waals surface area contributed by atoms with Gasteiger partial charge in [-0.15, -0.1) is 0 Å². The van der Waals surface area contributed by atoms with Gasteiger partial charge in [0, 0.05) is 25.0 Å². The van der Waals surface area contributed by atoms with E-state index in [4.69, 9.17) is 0 Å². The van der Waals surface area contributed by atoms with E-state index < -0.39 is 5.91 Å². The number of carbonyl (C=O) groups is 1. The first-order chi connectivity index (χ1) is 13.6. The molecule has 0 heterocycles. The van der Waals surface area contributed by atoms with E-state index in [1.807, 2.05) is 68.4 Å². The van der Waals surface area contributed by atoms with Crippen LogP contribution in [-0.2, 0) is 24.2 Å². The summed E-state index contributed by atoms with van der Waals surface area (Å²) >= 11 is 0. The molecule has 0 aromatic heterocycles. The second-order valence-electron chi connectivity index (χ2n) is 6.45. The summed E-state index contributed by atoms with van der Waals surface area (Å²) in [5.74, 6) is -0.436. The van der Waals surface area contributed by atoms with Crippen LogP contribution >= 0.6 is 0 Å². The van der Waals surface area contributed by atoms with Crippen molar-refractivity contribution in [1.29, 1.82) is 5.26 Å². The number of hydrogen-bond donors (Lipinski definition) is 2. The van der Waals surface area contributed by atoms with Gasteiger partial charge in [0.25, 0.3) is 5.91 Å². The highest BCUT2D eigenvalue weighted by Crippen LogP contribution is 2.23. The van der Waals surface area contributed by atoms with Gasteiger partial charge in [-0.25, -0.2) is 0 Å². The zero-order chi connectivity index (χ0) is 20.4. The molecule has 0 aliphatic heterocycles. The molecule has 0 aliphatic carbocycles. The molecule has 0 fully saturated rings. The molecule has 0 radical (unpaired) electrons. The normalized spacial score (nSPS) is 11.0. The van der Waals surface area contributed by atoms with E-state index in [-0.39, 0.29) is 12.2 Å². The maximum Gasteiger partial charge on any atom is 0.267 e. The highest BCUT2D eigenvalue weighted by Gasteiger charge is 2.15. The third-order valence-corrected chi connectivity index (χ3v) is 4.53. The van der Waals surface area contributed by atoms with Crippen LogP contribution in [0.4, 0.5) is 5.69 Å². The molecular weight excluding hydrogens is 350 g/mol. The standard InChI is InChI=1S/C23H27N3O2/c1-3-19-11-8-12-20(4-2)22(19)25-23(28)21(15-24)17-26(13-14-27)16-18-9-6-5-7-10-18/h5-12,17,27H,3-4,13-14,16H2,1-2H3,(H,25,28)/b21-17-. The van der Waals surface area contributed by atoms with Crippen LogP contribution in [0.1, 0.15) is 30.5 Å². The predicted molar refractivity (Wildman–Crippen MR) is 111 cm³/mol. The number of amides is 1. The summed E-state index contributed by atoms with van der Waals surface area (Å²) in [7, 11) is 0. The fraction of sp³-hybridized carbons (Fsp3) is 0.304. The minimum absolute atomic E-state index is 0.0114. The van der Waals surface area contributed by atoms with Crippen molar-refractivity contribution in [3.05, 3.63) is 77.0 Å². The molecule has 146 valence electrons. The quantitative estimate of drug-likeness (QED) is 0.517. The lowest BCUT2D eigenvalue weighted by Gasteiger charge is -2.20. The summed E-state index contributed by atoms with van der Waals surface area (Å²) in [6.45, 7) is 4.84. The van der Waals surface area contributed by atoms with Gasteiger partial charge < -0.3 is 15.3 Å². The number of nitrogens with one attached hydrogen (secondary N) is 1. The van der Waals surface area contributed by atoms with E-state index in [1.165, 1.54) is 6.20 Å². The Labute approximate surface area is 166 Å². The van der Waals surface area contributed by atoms with Crippen molar-refractivity contribution in [2.75, 3.05) is 18.5 Å². The minimum Gasteiger partial charge on any atom is -0.395 e. The lowest BCUT2D eigenvalue weighted by molar-refractivity contribution is -0.112. The minimum atomic E-state index is -0.436. The number of hydrogen-bond acceptors (Lipinski definition) is 4. The van der Waals surface area contributed by atoms with Crippen LogP contribution in [0.5, 0.6) is 0 Å². The Morgan fingerprint density at radius 3 is 2.29 bits per heavy atom. The molecule has 1 amide bonds. The van der Waals surface area contributed by atoms with Crippen LogP contribution in [-0.4, -0.2) is 29.1 Å². The molecule has 28 heavy (non-hydrogen) atoms. The summed E-state index contributed by atoms with van der Waals surface area (Å²) in [6, 6.07) is 17.7. The number of carbonyl (C=O) groups excluding carboxylic acids is 1. The zero-order valence-corrected chi connectivity index (χ0v) is 16.5. The zero-order valence-electron chi connectivity index (χ0n) is 16.5. The smallest absolute Gasteiger partial charge is 0.267 e. The van der Waals surface area contributed by atoms with Crippen molar-refractivity contribution < 1.29 is 9.90 Å². The molecule has 0 spiro atoms. The molecule has 0 unspecified atom stereocenters. The fourth-order valence-corrected chi connectivity index (χ4v) is 3.04. The van der Waals surface area contributed by atoms with E-state index >= 15 is 0 Å². The van der Waals surface area contributed by atoms with Crippen LogP contribution in [0.15, 0.2) is 60.3 Å². The summed E-state index contributed by atoms with van der Waals surface area (Å²) in [4.78, 5) is 14.6. The highest BCUT2D eigenvalue weighted by molar-refractivity contribution is 6.07. The van der Waals surface area contributed by atoms with Gasteiger partial charge in [-0.2, -0.15) is 5.26 Å². The molecule has 5 heteroatoms. The van der Waals surface area contributed by atoms with Crippen LogP contribution in [0, 0.1) is 11.3 Å². The van der Waals surface area contributed by atoms with E-state index in [1.54, 1.807) is 4.90 Å². The van der Waals surface area contributed by atoms with Gasteiger partial charge >= 0.3 is 0 Å². The lowest BCUT2D eigenvalue weighted by atomic mass is 10.0. The van der Waals surface area contributed by atoms with Gasteiger partial charge in [0.05, 0.1) is 6.61 Å². The number of anilines is 1. The summed E-state index contributed by atoms with van der Waals surface area (Å²) in [5.41, 5.74) is 3.92. The fourth-order valence-electron chi connectivity index (χ4n) is 3.04. The second-order valence-corrected chi connectivity index (χ2v) is 6.45. The van der Waals surface area contributed by atoms with Gasteiger partial charge in [0.1, 0.15) is 11.6 Å². The SMILES string of the molecule is CCc1cccc(CC)c1NC(=O)/C(C#N)=C\N(CCO)Cc1ccccc1. The molecule has 0 atom stereocenters. The number of aliphatic hydroxyl groups is 1. The van der Waals surface area contributed by atoms with Crippen molar-refractivity contribution in [1.82, 2.24) is 4.90 Å². The average Bonchev–Trinajstić information content (AvgIpc) is 2.72. The van der Waals surface area contributed by atoms with Gasteiger partial charge in [0.15, 0.2) is 0 Å². The number of aliphatic hydroxyl groups excluding tert-OH is 1. The number of rotatable bonds is 9. The van der Waals surface area contributed by atoms with Gasteiger partial charge in [-0.3, -0.25) is 4.79 Å². The molecule has 2 aromatic rings. The van der Waals surface area contributed by atoms with Crippen molar-refractivity contribution in [3.8, 4) is 6.07 Å². The molecule has 0 saturated carbocycles. The molecule has 2 rings (SSSR count). The Morgan fingerprint density at radius 1 is 1.11 bits per heavy atom. The largest absolute Gasteiger partial charge is 0.395 e.